The molecular formula is C21H33N3O. The van der Waals surface area contributed by atoms with Crippen molar-refractivity contribution < 1.29 is 4.79 Å². The van der Waals surface area contributed by atoms with Crippen LogP contribution in [-0.4, -0.2) is 35.0 Å². The van der Waals surface area contributed by atoms with Crippen LogP contribution in [-0.2, 0) is 11.3 Å². The molecule has 4 nitrogen and oxygen atoms in total. The average molecular weight is 344 g/mol. The summed E-state index contributed by atoms with van der Waals surface area (Å²) in [6.07, 6.45) is 7.27. The third-order valence-electron chi connectivity index (χ3n) is 5.73. The van der Waals surface area contributed by atoms with Gasteiger partial charge in [-0.1, -0.05) is 57.0 Å². The summed E-state index contributed by atoms with van der Waals surface area (Å²) in [5.41, 5.74) is 7.43. The van der Waals surface area contributed by atoms with E-state index < -0.39 is 6.04 Å². The molecule has 3 atom stereocenters. The normalized spacial score (nSPS) is 25.2. The van der Waals surface area contributed by atoms with E-state index in [-0.39, 0.29) is 17.9 Å². The number of rotatable bonds is 7. The number of hydrogen-bond acceptors (Lipinski definition) is 3. The fourth-order valence-electron chi connectivity index (χ4n) is 3.98. The number of nitrogens with one attached hydrogen (secondary N) is 1. The lowest BCUT2D eigenvalue weighted by atomic mass is 9.88. The maximum absolute atomic E-state index is 12.5. The summed E-state index contributed by atoms with van der Waals surface area (Å²) in [6.45, 7) is 5.00. The fourth-order valence-corrected chi connectivity index (χ4v) is 3.98. The van der Waals surface area contributed by atoms with Crippen LogP contribution < -0.4 is 11.1 Å². The van der Waals surface area contributed by atoms with Gasteiger partial charge in [0, 0.05) is 24.7 Å². The van der Waals surface area contributed by atoms with Crippen molar-refractivity contribution in [2.75, 3.05) is 0 Å². The molecule has 25 heavy (non-hydrogen) atoms. The van der Waals surface area contributed by atoms with Crippen molar-refractivity contribution >= 4 is 5.91 Å². The van der Waals surface area contributed by atoms with Gasteiger partial charge in [-0.3, -0.25) is 9.69 Å². The van der Waals surface area contributed by atoms with E-state index in [1.165, 1.54) is 37.7 Å². The lowest BCUT2D eigenvalue weighted by molar-refractivity contribution is -0.124. The predicted molar refractivity (Wildman–Crippen MR) is 102 cm³/mol. The van der Waals surface area contributed by atoms with Gasteiger partial charge in [0.15, 0.2) is 0 Å². The molecule has 0 saturated heterocycles. The third kappa shape index (κ3) is 4.83. The second kappa shape index (κ2) is 8.33. The largest absolute Gasteiger partial charge is 0.350 e. The molecule has 2 unspecified atom stereocenters. The number of nitrogens with zero attached hydrogens (tertiary/aromatic N) is 1. The molecule has 1 amide bonds. The number of nitrogens with two attached hydrogens (primary N) is 1. The monoisotopic (exact) mass is 343 g/mol. The zero-order valence-electron chi connectivity index (χ0n) is 15.7. The van der Waals surface area contributed by atoms with Gasteiger partial charge < -0.3 is 11.1 Å². The molecular weight excluding hydrogens is 310 g/mol. The quantitative estimate of drug-likeness (QED) is 0.800. The van der Waals surface area contributed by atoms with Crippen LogP contribution in [0.4, 0.5) is 0 Å². The second-order valence-corrected chi connectivity index (χ2v) is 8.13. The van der Waals surface area contributed by atoms with E-state index >= 15 is 0 Å². The molecule has 138 valence electrons. The maximum atomic E-state index is 12.5. The molecule has 0 spiro atoms. The van der Waals surface area contributed by atoms with Crippen LogP contribution in [0.15, 0.2) is 30.3 Å². The molecule has 3 rings (SSSR count). The highest BCUT2D eigenvalue weighted by Crippen LogP contribution is 2.35. The van der Waals surface area contributed by atoms with Crippen LogP contribution in [0.3, 0.4) is 0 Å². The number of hydrogen-bond donors (Lipinski definition) is 2. The van der Waals surface area contributed by atoms with Crippen LogP contribution in [0.2, 0.25) is 0 Å². The highest BCUT2D eigenvalue weighted by molar-refractivity contribution is 5.82. The molecule has 3 N–H and O–H groups in total. The van der Waals surface area contributed by atoms with Gasteiger partial charge in [-0.2, -0.15) is 0 Å². The lowest BCUT2D eigenvalue weighted by Gasteiger charge is -2.41. The highest BCUT2D eigenvalue weighted by atomic mass is 16.2. The summed E-state index contributed by atoms with van der Waals surface area (Å²) in [7, 11) is 0. The van der Waals surface area contributed by atoms with Crippen LogP contribution in [0, 0.1) is 5.92 Å². The third-order valence-corrected chi connectivity index (χ3v) is 5.73. The Morgan fingerprint density at radius 3 is 2.48 bits per heavy atom. The first-order chi connectivity index (χ1) is 12.1. The van der Waals surface area contributed by atoms with Gasteiger partial charge in [0.1, 0.15) is 0 Å². The van der Waals surface area contributed by atoms with Crippen LogP contribution >= 0.6 is 0 Å². The Morgan fingerprint density at radius 1 is 1.16 bits per heavy atom. The molecule has 0 aromatic heterocycles. The van der Waals surface area contributed by atoms with Crippen molar-refractivity contribution in [1.29, 1.82) is 0 Å². The first kappa shape index (κ1) is 18.4. The van der Waals surface area contributed by atoms with E-state index in [0.717, 1.165) is 13.0 Å². The summed E-state index contributed by atoms with van der Waals surface area (Å²) in [5, 5.41) is 3.29. The van der Waals surface area contributed by atoms with E-state index in [2.05, 4.69) is 40.5 Å². The van der Waals surface area contributed by atoms with Crippen molar-refractivity contribution in [2.45, 2.75) is 83.1 Å². The molecule has 0 heterocycles. The maximum Gasteiger partial charge on any atom is 0.237 e. The Kier molecular flexibility index (Phi) is 6.13. The smallest absolute Gasteiger partial charge is 0.237 e. The number of amides is 1. The molecule has 2 saturated carbocycles. The highest BCUT2D eigenvalue weighted by Gasteiger charge is 2.39. The number of carbonyl (C=O) groups is 1. The van der Waals surface area contributed by atoms with Gasteiger partial charge >= 0.3 is 0 Å². The predicted octanol–water partition coefficient (Wildman–Crippen LogP) is 3.06. The summed E-state index contributed by atoms with van der Waals surface area (Å²) in [5.74, 6) is 0.188. The van der Waals surface area contributed by atoms with Crippen molar-refractivity contribution in [3.63, 3.8) is 0 Å². The van der Waals surface area contributed by atoms with Crippen molar-refractivity contribution in [3.8, 4) is 0 Å². The molecule has 2 aliphatic carbocycles. The zero-order valence-corrected chi connectivity index (χ0v) is 15.7. The molecule has 0 aliphatic heterocycles. The van der Waals surface area contributed by atoms with E-state index in [9.17, 15) is 4.79 Å². The van der Waals surface area contributed by atoms with Gasteiger partial charge in [-0.05, 0) is 37.2 Å². The Balaban J connectivity index is 1.70. The van der Waals surface area contributed by atoms with Gasteiger partial charge in [0.05, 0.1) is 6.04 Å². The van der Waals surface area contributed by atoms with Crippen molar-refractivity contribution in [2.24, 2.45) is 11.7 Å². The first-order valence-corrected chi connectivity index (χ1v) is 9.92. The molecule has 2 aliphatic rings. The van der Waals surface area contributed by atoms with Crippen LogP contribution in [0.5, 0.6) is 0 Å². The Hall–Kier alpha value is -1.39. The first-order valence-electron chi connectivity index (χ1n) is 9.92. The van der Waals surface area contributed by atoms with Crippen LogP contribution in [0.1, 0.15) is 57.9 Å². The van der Waals surface area contributed by atoms with Gasteiger partial charge in [0.2, 0.25) is 5.91 Å². The standard InChI is InChI=1S/C21H33N3O/c1-15(2)20(22)21(25)23-18-10-6-7-11-19(18)24(17-12-13-17)14-16-8-4-3-5-9-16/h3-5,8-9,15,17-20H,6-7,10-14,22H2,1-2H3,(H,23,25)/t18?,19-,20?/m0/s1. The Labute approximate surface area is 152 Å². The zero-order chi connectivity index (χ0) is 17.8. The summed E-state index contributed by atoms with van der Waals surface area (Å²) in [6, 6.07) is 11.7. The fraction of sp³-hybridized carbons (Fsp3) is 0.667. The molecule has 0 radical (unpaired) electrons. The van der Waals surface area contributed by atoms with E-state index in [4.69, 9.17) is 5.73 Å². The number of carbonyl (C=O) groups excluding carboxylic acids is 1. The number of benzene rings is 1. The lowest BCUT2D eigenvalue weighted by Crippen LogP contribution is -2.57. The minimum absolute atomic E-state index is 0.0161. The minimum Gasteiger partial charge on any atom is -0.350 e. The van der Waals surface area contributed by atoms with Gasteiger partial charge in [-0.25, -0.2) is 0 Å². The molecule has 0 bridgehead atoms. The Morgan fingerprint density at radius 2 is 1.84 bits per heavy atom. The molecule has 1 aromatic carbocycles. The Bertz CT molecular complexity index is 556. The SMILES string of the molecule is CC(C)C(N)C(=O)NC1CCCC[C@@H]1N(Cc1ccccc1)C1CC1. The molecule has 2 fully saturated rings. The topological polar surface area (TPSA) is 58.4 Å². The summed E-state index contributed by atoms with van der Waals surface area (Å²) >= 11 is 0. The van der Waals surface area contributed by atoms with E-state index in [0.29, 0.717) is 12.1 Å². The van der Waals surface area contributed by atoms with Crippen molar-refractivity contribution in [1.82, 2.24) is 10.2 Å². The molecule has 4 heteroatoms. The van der Waals surface area contributed by atoms with Gasteiger partial charge in [0.25, 0.3) is 0 Å². The van der Waals surface area contributed by atoms with Crippen molar-refractivity contribution in [3.05, 3.63) is 35.9 Å². The minimum atomic E-state index is -0.411. The average Bonchev–Trinajstić information content (AvgIpc) is 3.45. The summed E-state index contributed by atoms with van der Waals surface area (Å²) < 4.78 is 0. The van der Waals surface area contributed by atoms with Gasteiger partial charge in [-0.15, -0.1) is 0 Å². The van der Waals surface area contributed by atoms with E-state index in [1.54, 1.807) is 0 Å². The summed E-state index contributed by atoms with van der Waals surface area (Å²) in [4.78, 5) is 15.2. The second-order valence-electron chi connectivity index (χ2n) is 8.13. The molecule has 1 aromatic rings. The van der Waals surface area contributed by atoms with Crippen LogP contribution in [0.25, 0.3) is 0 Å². The van der Waals surface area contributed by atoms with E-state index in [1.807, 2.05) is 13.8 Å².